The van der Waals surface area contributed by atoms with Crippen LogP contribution in [0.15, 0.2) is 24.3 Å². The van der Waals surface area contributed by atoms with E-state index in [-0.39, 0.29) is 6.54 Å². The summed E-state index contributed by atoms with van der Waals surface area (Å²) in [6, 6.07) is 6.53. The van der Waals surface area contributed by atoms with Crippen LogP contribution in [0.3, 0.4) is 0 Å². The van der Waals surface area contributed by atoms with E-state index in [1.807, 2.05) is 19.1 Å². The van der Waals surface area contributed by atoms with Crippen LogP contribution in [0.25, 0.3) is 0 Å². The highest BCUT2D eigenvalue weighted by atomic mass is 16.5. The van der Waals surface area contributed by atoms with Gasteiger partial charge in [0.1, 0.15) is 17.8 Å². The topological polar surface area (TPSA) is 114 Å². The number of urea groups is 1. The maximum Gasteiger partial charge on any atom is 0.327 e. The Balaban J connectivity index is 1.83. The monoisotopic (exact) mass is 419 g/mol. The molecule has 1 saturated heterocycles. The van der Waals surface area contributed by atoms with Gasteiger partial charge in [0.25, 0.3) is 11.8 Å². The smallest absolute Gasteiger partial charge is 0.327 e. The van der Waals surface area contributed by atoms with Gasteiger partial charge in [0.05, 0.1) is 7.11 Å². The lowest BCUT2D eigenvalue weighted by Gasteiger charge is -2.21. The number of esters is 1. The lowest BCUT2D eigenvalue weighted by Crippen LogP contribution is -2.44. The van der Waals surface area contributed by atoms with Crippen molar-refractivity contribution in [3.8, 4) is 5.75 Å². The van der Waals surface area contributed by atoms with Crippen LogP contribution >= 0.6 is 0 Å². The highest BCUT2D eigenvalue weighted by Crippen LogP contribution is 2.23. The zero-order valence-electron chi connectivity index (χ0n) is 17.8. The number of hydrogen-bond donors (Lipinski definition) is 2. The summed E-state index contributed by atoms with van der Waals surface area (Å²) in [5.41, 5.74) is -0.164. The predicted octanol–water partition coefficient (Wildman–Crippen LogP) is 1.74. The molecule has 4 amide bonds. The van der Waals surface area contributed by atoms with Gasteiger partial charge in [-0.25, -0.2) is 4.79 Å². The van der Waals surface area contributed by atoms with E-state index < -0.39 is 42.0 Å². The first-order valence-corrected chi connectivity index (χ1v) is 9.94. The van der Waals surface area contributed by atoms with Gasteiger partial charge < -0.3 is 20.1 Å². The maximum atomic E-state index is 12.6. The zero-order valence-corrected chi connectivity index (χ0v) is 17.8. The first kappa shape index (κ1) is 23.2. The minimum atomic E-state index is -1.07. The largest absolute Gasteiger partial charge is 0.497 e. The third kappa shape index (κ3) is 5.71. The van der Waals surface area contributed by atoms with Crippen LogP contribution in [0.1, 0.15) is 45.6 Å². The molecule has 0 unspecified atom stereocenters. The molecule has 1 aromatic rings. The predicted molar refractivity (Wildman–Crippen MR) is 109 cm³/mol. The molecule has 2 rings (SSSR count). The number of methoxy groups -OCH3 is 1. The molecule has 164 valence electrons. The van der Waals surface area contributed by atoms with Gasteiger partial charge in [0.2, 0.25) is 0 Å². The summed E-state index contributed by atoms with van der Waals surface area (Å²) in [5.74, 6) is -1.07. The third-order valence-corrected chi connectivity index (χ3v) is 4.97. The van der Waals surface area contributed by atoms with Gasteiger partial charge in [-0.3, -0.25) is 19.3 Å². The first-order chi connectivity index (χ1) is 14.2. The Morgan fingerprint density at radius 2 is 1.90 bits per heavy atom. The fourth-order valence-corrected chi connectivity index (χ4v) is 3.08. The summed E-state index contributed by atoms with van der Waals surface area (Å²) in [7, 11) is 1.57. The number of unbranched alkanes of at least 4 members (excludes halogenated alkanes) is 1. The minimum absolute atomic E-state index is 0.257. The van der Waals surface area contributed by atoms with E-state index in [4.69, 9.17) is 9.47 Å². The van der Waals surface area contributed by atoms with E-state index in [1.54, 1.807) is 26.2 Å². The molecule has 0 aliphatic carbocycles. The summed E-state index contributed by atoms with van der Waals surface area (Å²) < 4.78 is 10.2. The second kappa shape index (κ2) is 10.1. The van der Waals surface area contributed by atoms with Gasteiger partial charge in [0, 0.05) is 6.54 Å². The van der Waals surface area contributed by atoms with E-state index in [1.165, 1.54) is 6.92 Å². The number of hydrogen-bond acceptors (Lipinski definition) is 6. The van der Waals surface area contributed by atoms with Gasteiger partial charge in [0.15, 0.2) is 6.10 Å². The van der Waals surface area contributed by atoms with Crippen molar-refractivity contribution in [1.82, 2.24) is 15.5 Å². The highest BCUT2D eigenvalue weighted by Gasteiger charge is 2.48. The molecule has 1 fully saturated rings. The Morgan fingerprint density at radius 3 is 2.50 bits per heavy atom. The lowest BCUT2D eigenvalue weighted by atomic mass is 9.95. The van der Waals surface area contributed by atoms with Gasteiger partial charge in [-0.05, 0) is 38.0 Å². The van der Waals surface area contributed by atoms with Crippen LogP contribution in [0.5, 0.6) is 5.75 Å². The van der Waals surface area contributed by atoms with E-state index in [0.29, 0.717) is 12.2 Å². The van der Waals surface area contributed by atoms with E-state index in [9.17, 15) is 19.2 Å². The number of carbonyl (C=O) groups is 4. The van der Waals surface area contributed by atoms with E-state index in [2.05, 4.69) is 10.6 Å². The lowest BCUT2D eigenvalue weighted by molar-refractivity contribution is -0.156. The molecule has 0 bridgehead atoms. The SMILES string of the molecule is CCCC[C@]1(C)NC(=O)N(CC(=O)O[C@@H](C)C(=O)NCc2ccc(OC)cc2)C1=O. The molecule has 1 aliphatic heterocycles. The third-order valence-electron chi connectivity index (χ3n) is 4.97. The summed E-state index contributed by atoms with van der Waals surface area (Å²) in [6.45, 7) is 4.78. The van der Waals surface area contributed by atoms with Crippen LogP contribution in [-0.4, -0.2) is 54.0 Å². The van der Waals surface area contributed by atoms with Crippen molar-refractivity contribution < 1.29 is 28.7 Å². The van der Waals surface area contributed by atoms with Crippen molar-refractivity contribution in [2.24, 2.45) is 0 Å². The second-order valence-electron chi connectivity index (χ2n) is 7.46. The molecule has 1 aromatic carbocycles. The molecule has 0 spiro atoms. The van der Waals surface area contributed by atoms with Crippen molar-refractivity contribution in [3.05, 3.63) is 29.8 Å². The van der Waals surface area contributed by atoms with Crippen molar-refractivity contribution in [3.63, 3.8) is 0 Å². The number of imide groups is 1. The number of rotatable bonds is 10. The quantitative estimate of drug-likeness (QED) is 0.441. The van der Waals surface area contributed by atoms with Crippen LogP contribution in [0.2, 0.25) is 0 Å². The molecule has 1 aliphatic rings. The summed E-state index contributed by atoms with van der Waals surface area (Å²) >= 11 is 0. The molecular weight excluding hydrogens is 390 g/mol. The molecule has 2 N–H and O–H groups in total. The molecule has 9 heteroatoms. The number of carbonyl (C=O) groups excluding carboxylic acids is 4. The Bertz CT molecular complexity index is 794. The average Bonchev–Trinajstić information content (AvgIpc) is 2.94. The fourth-order valence-electron chi connectivity index (χ4n) is 3.08. The molecule has 30 heavy (non-hydrogen) atoms. The standard InChI is InChI=1S/C21H29N3O6/c1-5-6-11-21(3)19(27)24(20(28)23-21)13-17(25)30-14(2)18(26)22-12-15-7-9-16(29-4)10-8-15/h7-10,14H,5-6,11-13H2,1-4H3,(H,22,26)(H,23,28)/t14-,21-/m0/s1. The number of nitrogens with zero attached hydrogens (tertiary/aromatic N) is 1. The molecule has 9 nitrogen and oxygen atoms in total. The molecule has 2 atom stereocenters. The van der Waals surface area contributed by atoms with Crippen molar-refractivity contribution in [1.29, 1.82) is 0 Å². The van der Waals surface area contributed by atoms with Gasteiger partial charge in [-0.2, -0.15) is 0 Å². The highest BCUT2D eigenvalue weighted by molar-refractivity contribution is 6.08. The Hall–Kier alpha value is -3.10. The number of benzene rings is 1. The average molecular weight is 419 g/mol. The molecular formula is C21H29N3O6. The van der Waals surface area contributed by atoms with Crippen molar-refractivity contribution >= 4 is 23.8 Å². The summed E-state index contributed by atoms with van der Waals surface area (Å²) in [5, 5.41) is 5.31. The maximum absolute atomic E-state index is 12.6. The minimum Gasteiger partial charge on any atom is -0.497 e. The number of ether oxygens (including phenoxy) is 2. The molecule has 0 saturated carbocycles. The van der Waals surface area contributed by atoms with Crippen molar-refractivity contribution in [2.45, 2.75) is 58.2 Å². The van der Waals surface area contributed by atoms with Crippen molar-refractivity contribution in [2.75, 3.05) is 13.7 Å². The second-order valence-corrected chi connectivity index (χ2v) is 7.46. The normalized spacial score (nSPS) is 19.3. The van der Waals surface area contributed by atoms with Gasteiger partial charge in [-0.1, -0.05) is 31.9 Å². The van der Waals surface area contributed by atoms with Gasteiger partial charge >= 0.3 is 12.0 Å². The number of nitrogens with one attached hydrogen (secondary N) is 2. The zero-order chi connectivity index (χ0) is 22.3. The first-order valence-electron chi connectivity index (χ1n) is 9.94. The Labute approximate surface area is 176 Å². The number of amides is 4. The molecule has 0 radical (unpaired) electrons. The van der Waals surface area contributed by atoms with Crippen LogP contribution in [-0.2, 0) is 25.7 Å². The van der Waals surface area contributed by atoms with Crippen LogP contribution in [0.4, 0.5) is 4.79 Å². The molecule has 1 heterocycles. The summed E-state index contributed by atoms with van der Waals surface area (Å²) in [4.78, 5) is 49.9. The summed E-state index contributed by atoms with van der Waals surface area (Å²) in [6.07, 6.45) is 1.07. The van der Waals surface area contributed by atoms with E-state index >= 15 is 0 Å². The Morgan fingerprint density at radius 1 is 1.23 bits per heavy atom. The van der Waals surface area contributed by atoms with E-state index in [0.717, 1.165) is 23.3 Å². The van der Waals surface area contributed by atoms with Gasteiger partial charge in [-0.15, -0.1) is 0 Å². The Kier molecular flexibility index (Phi) is 7.79. The van der Waals surface area contributed by atoms with Crippen LogP contribution in [0, 0.1) is 0 Å². The molecule has 0 aromatic heterocycles. The van der Waals surface area contributed by atoms with Crippen LogP contribution < -0.4 is 15.4 Å². The fraction of sp³-hybridized carbons (Fsp3) is 0.524.